The molecule has 2 fully saturated rings. The summed E-state index contributed by atoms with van der Waals surface area (Å²) in [5, 5.41) is 9.22. The van der Waals surface area contributed by atoms with Crippen LogP contribution in [0.1, 0.15) is 73.6 Å². The fraction of sp³-hybridized carbons (Fsp3) is 0.571. The van der Waals surface area contributed by atoms with E-state index in [9.17, 15) is 23.8 Å². The summed E-state index contributed by atoms with van der Waals surface area (Å²) < 4.78 is 34.9. The molecular weight excluding hydrogens is 711 g/mol. The summed E-state index contributed by atoms with van der Waals surface area (Å²) in [6.45, 7) is 11.2. The number of alkyl carbamates (subject to hydrolysis) is 1. The van der Waals surface area contributed by atoms with Crippen molar-refractivity contribution in [3.05, 3.63) is 29.6 Å². The molecule has 1 saturated heterocycles. The molecule has 1 unspecified atom stereocenters. The second-order valence-electron chi connectivity index (χ2n) is 14.5. The summed E-state index contributed by atoms with van der Waals surface area (Å²) in [5.41, 5.74) is 6.66. The van der Waals surface area contributed by atoms with Gasteiger partial charge in [-0.15, -0.1) is 11.3 Å². The van der Waals surface area contributed by atoms with E-state index in [1.807, 2.05) is 40.0 Å². The predicted molar refractivity (Wildman–Crippen MR) is 197 cm³/mol. The lowest BCUT2D eigenvalue weighted by Gasteiger charge is -2.34. The van der Waals surface area contributed by atoms with Gasteiger partial charge in [0.25, 0.3) is 0 Å². The molecule has 2 aromatic heterocycles. The molecule has 0 radical (unpaired) electrons. The van der Waals surface area contributed by atoms with E-state index < -0.39 is 55.5 Å². The average molecular weight is 761 g/mol. The quantitative estimate of drug-likeness (QED) is 0.147. The number of amides is 3. The van der Waals surface area contributed by atoms with Gasteiger partial charge in [-0.05, 0) is 64.0 Å². The fourth-order valence-corrected chi connectivity index (χ4v) is 7.94. The summed E-state index contributed by atoms with van der Waals surface area (Å²) in [6.07, 6.45) is 1.61. The van der Waals surface area contributed by atoms with Gasteiger partial charge < -0.3 is 44.9 Å². The number of hydrogen-bond acceptors (Lipinski definition) is 12. The van der Waals surface area contributed by atoms with Crippen LogP contribution in [0.25, 0.3) is 22.3 Å². The monoisotopic (exact) mass is 760 g/mol. The van der Waals surface area contributed by atoms with Crippen molar-refractivity contribution >= 4 is 52.9 Å². The maximum absolute atomic E-state index is 14.1. The van der Waals surface area contributed by atoms with E-state index in [0.29, 0.717) is 33.2 Å². The number of benzene rings is 1. The molecule has 3 heterocycles. The first-order chi connectivity index (χ1) is 24.5. The second-order valence-corrected chi connectivity index (χ2v) is 17.1. The highest BCUT2D eigenvalue weighted by Gasteiger charge is 2.45. The largest absolute Gasteiger partial charge is 0.488 e. The Morgan fingerprint density at radius 1 is 1.12 bits per heavy atom. The van der Waals surface area contributed by atoms with E-state index >= 15 is 0 Å². The van der Waals surface area contributed by atoms with Crippen LogP contribution < -0.4 is 25.8 Å². The van der Waals surface area contributed by atoms with Crippen LogP contribution in [0, 0.1) is 5.41 Å². The van der Waals surface area contributed by atoms with Crippen LogP contribution in [0.5, 0.6) is 11.5 Å². The van der Waals surface area contributed by atoms with Gasteiger partial charge in [0.2, 0.25) is 11.8 Å². The number of aromatic nitrogens is 2. The Bertz CT molecular complexity index is 1810. The van der Waals surface area contributed by atoms with Gasteiger partial charge in [0, 0.05) is 35.4 Å². The van der Waals surface area contributed by atoms with Crippen LogP contribution in [0.3, 0.4) is 0 Å². The zero-order valence-electron chi connectivity index (χ0n) is 30.4. The van der Waals surface area contributed by atoms with Crippen LogP contribution >= 0.6 is 18.9 Å². The topological polar surface area (TPSA) is 205 Å². The van der Waals surface area contributed by atoms with Crippen molar-refractivity contribution in [2.24, 2.45) is 11.1 Å². The van der Waals surface area contributed by atoms with Gasteiger partial charge in [0.05, 0.1) is 24.4 Å². The Labute approximate surface area is 307 Å². The molecule has 5 rings (SSSR count). The van der Waals surface area contributed by atoms with Gasteiger partial charge in [-0.1, -0.05) is 20.8 Å². The van der Waals surface area contributed by atoms with Crippen LogP contribution in [0.2, 0.25) is 0 Å². The van der Waals surface area contributed by atoms with Crippen LogP contribution in [0.15, 0.2) is 29.6 Å². The normalized spacial score (nSPS) is 19.7. The number of ether oxygens (including phenoxy) is 3. The Kier molecular flexibility index (Phi) is 12.3. The molecule has 0 bridgehead atoms. The van der Waals surface area contributed by atoms with Crippen molar-refractivity contribution in [2.45, 2.75) is 104 Å². The van der Waals surface area contributed by atoms with Gasteiger partial charge in [0.15, 0.2) is 11.5 Å². The maximum Gasteiger partial charge on any atom is 0.408 e. The summed E-state index contributed by atoms with van der Waals surface area (Å²) in [7, 11) is -3.96. The zero-order chi connectivity index (χ0) is 37.8. The molecule has 2 aliphatic rings. The fourth-order valence-electron chi connectivity index (χ4n) is 6.29. The molecule has 5 N–H and O–H groups in total. The van der Waals surface area contributed by atoms with Gasteiger partial charge in [-0.3, -0.25) is 14.2 Å². The van der Waals surface area contributed by atoms with E-state index in [2.05, 4.69) is 10.6 Å². The van der Waals surface area contributed by atoms with E-state index in [1.165, 1.54) is 16.2 Å². The Morgan fingerprint density at radius 3 is 2.50 bits per heavy atom. The lowest BCUT2D eigenvalue weighted by molar-refractivity contribution is -0.141. The number of nitrogens with one attached hydrogen (secondary N) is 2. The SMILES string of the molecule is CCOP(=O)(O)COc1ccc2c(O[C@@H]3C[C@@H](C(N)=O)N(C(=O)[C@@H](NC(=O)OC4CCCC4)C(C)(C)C)C3)cc(-c3csc(NC(C)C)n3)nc2c1. The van der Waals surface area contributed by atoms with Crippen molar-refractivity contribution in [3.8, 4) is 22.9 Å². The molecule has 3 aromatic rings. The molecule has 17 heteroatoms. The number of anilines is 1. The average Bonchev–Trinajstić information content (AvgIpc) is 3.83. The molecule has 52 heavy (non-hydrogen) atoms. The number of carbonyl (C=O) groups excluding carboxylic acids is 3. The molecular formula is C35H49N6O9PS. The van der Waals surface area contributed by atoms with Crippen molar-refractivity contribution in [2.75, 3.05) is 24.8 Å². The molecule has 1 aliphatic heterocycles. The number of likely N-dealkylation sites (tertiary alicyclic amines) is 1. The van der Waals surface area contributed by atoms with E-state index in [4.69, 9.17) is 34.4 Å². The molecule has 0 spiro atoms. The van der Waals surface area contributed by atoms with E-state index in [1.54, 1.807) is 31.2 Å². The van der Waals surface area contributed by atoms with Gasteiger partial charge in [-0.25, -0.2) is 14.8 Å². The van der Waals surface area contributed by atoms with Gasteiger partial charge >= 0.3 is 13.7 Å². The molecule has 4 atom stereocenters. The maximum atomic E-state index is 14.1. The number of nitrogens with zero attached hydrogens (tertiary/aromatic N) is 3. The minimum atomic E-state index is -3.96. The highest BCUT2D eigenvalue weighted by Crippen LogP contribution is 2.42. The van der Waals surface area contributed by atoms with Gasteiger partial charge in [0.1, 0.15) is 41.5 Å². The van der Waals surface area contributed by atoms with Crippen molar-refractivity contribution in [1.82, 2.24) is 20.2 Å². The molecule has 284 valence electrons. The summed E-state index contributed by atoms with van der Waals surface area (Å²) >= 11 is 1.42. The molecule has 15 nitrogen and oxygen atoms in total. The number of hydrogen-bond donors (Lipinski definition) is 4. The minimum Gasteiger partial charge on any atom is -0.488 e. The van der Waals surface area contributed by atoms with Crippen LogP contribution in [-0.4, -0.2) is 87.5 Å². The molecule has 1 saturated carbocycles. The Morgan fingerprint density at radius 2 is 1.85 bits per heavy atom. The third kappa shape index (κ3) is 9.91. The minimum absolute atomic E-state index is 0.0289. The van der Waals surface area contributed by atoms with Gasteiger partial charge in [-0.2, -0.15) is 0 Å². The summed E-state index contributed by atoms with van der Waals surface area (Å²) in [6, 6.07) is 4.89. The summed E-state index contributed by atoms with van der Waals surface area (Å²) in [4.78, 5) is 60.7. The first-order valence-corrected chi connectivity index (χ1v) is 20.2. The number of thiazole rings is 1. The summed E-state index contributed by atoms with van der Waals surface area (Å²) in [5.74, 6) is -0.457. The lowest BCUT2D eigenvalue weighted by atomic mass is 9.85. The number of rotatable bonds is 14. The van der Waals surface area contributed by atoms with Crippen molar-refractivity contribution < 1.29 is 42.6 Å². The smallest absolute Gasteiger partial charge is 0.408 e. The first kappa shape index (κ1) is 39.2. The van der Waals surface area contributed by atoms with Crippen molar-refractivity contribution in [1.29, 1.82) is 0 Å². The number of nitrogens with two attached hydrogens (primary N) is 1. The number of fused-ring (bicyclic) bond motifs is 1. The van der Waals surface area contributed by atoms with E-state index in [-0.39, 0.29) is 37.5 Å². The van der Waals surface area contributed by atoms with E-state index in [0.717, 1.165) is 25.7 Å². The van der Waals surface area contributed by atoms with Crippen LogP contribution in [-0.2, 0) is 23.4 Å². The predicted octanol–water partition coefficient (Wildman–Crippen LogP) is 5.65. The second kappa shape index (κ2) is 16.4. The highest BCUT2D eigenvalue weighted by molar-refractivity contribution is 7.52. The van der Waals surface area contributed by atoms with Crippen LogP contribution in [0.4, 0.5) is 9.93 Å². The third-order valence-electron chi connectivity index (χ3n) is 8.77. The van der Waals surface area contributed by atoms with Crippen molar-refractivity contribution in [3.63, 3.8) is 0 Å². The number of primary amides is 1. The molecule has 3 amide bonds. The Balaban J connectivity index is 1.43. The first-order valence-electron chi connectivity index (χ1n) is 17.5. The third-order valence-corrected chi connectivity index (χ3v) is 10.7. The molecule has 1 aliphatic carbocycles. The Hall–Kier alpha value is -3.98. The standard InChI is InChI=1S/C35H49N6O9PS/c1-7-48-51(45,46)19-47-22-12-13-24-25(14-22)38-26(27-18-52-33(39-27)37-20(2)3)16-29(24)49-23-15-28(31(36)42)41(17-23)32(43)30(35(4,5)6)40-34(44)50-21-10-8-9-11-21/h12-14,16,18,20-21,23,28,30H,7-11,15,17,19H2,1-6H3,(H2,36,42)(H,37,39)(H,40,44)(H,45,46)/t23-,28+,30-/m1/s1. The number of pyridine rings is 1. The number of carbonyl (C=O) groups is 3. The highest BCUT2D eigenvalue weighted by atomic mass is 32.1. The molecule has 1 aromatic carbocycles. The zero-order valence-corrected chi connectivity index (χ0v) is 32.1. The lowest BCUT2D eigenvalue weighted by Crippen LogP contribution is -2.57.